The van der Waals surface area contributed by atoms with Crippen LogP contribution < -0.4 is 5.32 Å². The number of hydrogen-bond donors (Lipinski definition) is 1. The number of carbonyl (C=O) groups excluding carboxylic acids is 2. The van der Waals surface area contributed by atoms with Gasteiger partial charge in [0.15, 0.2) is 10.9 Å². The van der Waals surface area contributed by atoms with Crippen molar-refractivity contribution in [1.82, 2.24) is 10.1 Å². The molecule has 1 N–H and O–H groups in total. The van der Waals surface area contributed by atoms with Crippen LogP contribution in [0.4, 0.5) is 5.13 Å². The molecule has 106 valence electrons. The average molecular weight is 293 g/mol. The number of ketones is 1. The van der Waals surface area contributed by atoms with E-state index in [-0.39, 0.29) is 11.7 Å². The predicted octanol–water partition coefficient (Wildman–Crippen LogP) is 2.69. The van der Waals surface area contributed by atoms with Crippen LogP contribution in [0.15, 0.2) is 10.7 Å². The number of thiazole rings is 1. The number of Topliss-reactive ketones (excluding diaryl/α,β-unsaturated/α-hetero) is 1. The Labute approximate surface area is 120 Å². The Morgan fingerprint density at radius 1 is 1.40 bits per heavy atom. The van der Waals surface area contributed by atoms with Crippen molar-refractivity contribution in [2.24, 2.45) is 0 Å². The molecule has 2 rings (SSSR count). The summed E-state index contributed by atoms with van der Waals surface area (Å²) in [4.78, 5) is 27.9. The molecule has 0 aromatic carbocycles. The Morgan fingerprint density at radius 3 is 2.60 bits per heavy atom. The van der Waals surface area contributed by atoms with E-state index in [1.807, 2.05) is 0 Å². The average Bonchev–Trinajstić information content (AvgIpc) is 2.96. The molecular formula is C13H15N3O3S. The molecule has 6 nitrogen and oxygen atoms in total. The second-order valence-electron chi connectivity index (χ2n) is 4.53. The molecule has 1 unspecified atom stereocenters. The molecule has 20 heavy (non-hydrogen) atoms. The minimum absolute atomic E-state index is 0.0678. The van der Waals surface area contributed by atoms with E-state index in [1.54, 1.807) is 20.8 Å². The maximum Gasteiger partial charge on any atom is 0.233 e. The fourth-order valence-corrected chi connectivity index (χ4v) is 2.66. The molecule has 7 heteroatoms. The zero-order valence-corrected chi connectivity index (χ0v) is 12.5. The van der Waals surface area contributed by atoms with Crippen LogP contribution in [0.2, 0.25) is 0 Å². The van der Waals surface area contributed by atoms with Crippen molar-refractivity contribution in [2.45, 2.75) is 33.6 Å². The summed E-state index contributed by atoms with van der Waals surface area (Å²) in [6.07, 6.45) is 1.46. The molecule has 0 saturated heterocycles. The van der Waals surface area contributed by atoms with E-state index in [0.29, 0.717) is 21.5 Å². The number of rotatable bonds is 4. The van der Waals surface area contributed by atoms with Crippen molar-refractivity contribution in [3.63, 3.8) is 0 Å². The van der Waals surface area contributed by atoms with Crippen LogP contribution in [0.5, 0.6) is 0 Å². The number of aromatic nitrogens is 2. The SMILES string of the molecule is CC(=O)c1cnc(NC(=O)C(C)c2c(C)noc2C)s1. The molecule has 0 saturated carbocycles. The van der Waals surface area contributed by atoms with Crippen LogP contribution in [-0.4, -0.2) is 21.8 Å². The maximum absolute atomic E-state index is 12.2. The van der Waals surface area contributed by atoms with E-state index in [4.69, 9.17) is 4.52 Å². The summed E-state index contributed by atoms with van der Waals surface area (Å²) in [6.45, 7) is 6.82. The number of hydrogen-bond acceptors (Lipinski definition) is 6. The summed E-state index contributed by atoms with van der Waals surface area (Å²) >= 11 is 1.16. The third kappa shape index (κ3) is 2.77. The maximum atomic E-state index is 12.2. The number of amides is 1. The molecule has 0 aliphatic carbocycles. The third-order valence-corrected chi connectivity index (χ3v) is 4.01. The fourth-order valence-electron chi connectivity index (χ4n) is 1.95. The lowest BCUT2D eigenvalue weighted by Gasteiger charge is -2.10. The molecule has 1 atom stereocenters. The van der Waals surface area contributed by atoms with Gasteiger partial charge in [-0.15, -0.1) is 0 Å². The minimum atomic E-state index is -0.397. The Morgan fingerprint density at radius 2 is 2.10 bits per heavy atom. The van der Waals surface area contributed by atoms with Gasteiger partial charge in [-0.3, -0.25) is 9.59 Å². The van der Waals surface area contributed by atoms with Gasteiger partial charge < -0.3 is 9.84 Å². The first-order valence-electron chi connectivity index (χ1n) is 6.10. The lowest BCUT2D eigenvalue weighted by atomic mass is 9.99. The standard InChI is InChI=1S/C13H15N3O3S/c1-6(11-7(2)16-19-9(11)4)12(18)15-13-14-5-10(20-13)8(3)17/h5-6H,1-4H3,(H,14,15,18). The molecule has 0 spiro atoms. The van der Waals surface area contributed by atoms with Gasteiger partial charge >= 0.3 is 0 Å². The van der Waals surface area contributed by atoms with Gasteiger partial charge in [0.05, 0.1) is 22.7 Å². The van der Waals surface area contributed by atoms with Crippen LogP contribution in [0.25, 0.3) is 0 Å². The highest BCUT2D eigenvalue weighted by atomic mass is 32.1. The van der Waals surface area contributed by atoms with Crippen molar-refractivity contribution in [3.05, 3.63) is 28.1 Å². The van der Waals surface area contributed by atoms with E-state index in [1.165, 1.54) is 13.1 Å². The van der Waals surface area contributed by atoms with Crippen molar-refractivity contribution in [3.8, 4) is 0 Å². The molecule has 0 bridgehead atoms. The van der Waals surface area contributed by atoms with Gasteiger partial charge in [-0.2, -0.15) is 0 Å². The Balaban J connectivity index is 2.13. The number of aryl methyl sites for hydroxylation is 2. The van der Waals surface area contributed by atoms with Gasteiger partial charge in [0, 0.05) is 12.5 Å². The van der Waals surface area contributed by atoms with Crippen LogP contribution >= 0.6 is 11.3 Å². The number of nitrogens with zero attached hydrogens (tertiary/aromatic N) is 2. The van der Waals surface area contributed by atoms with E-state index in [9.17, 15) is 9.59 Å². The molecule has 2 heterocycles. The first kappa shape index (κ1) is 14.4. The molecule has 0 fully saturated rings. The molecule has 2 aromatic heterocycles. The van der Waals surface area contributed by atoms with Gasteiger partial charge in [0.2, 0.25) is 5.91 Å². The Hall–Kier alpha value is -2.02. The van der Waals surface area contributed by atoms with E-state index in [0.717, 1.165) is 16.9 Å². The van der Waals surface area contributed by atoms with Crippen molar-refractivity contribution < 1.29 is 14.1 Å². The van der Waals surface area contributed by atoms with Gasteiger partial charge in [0.25, 0.3) is 0 Å². The Kier molecular flexibility index (Phi) is 3.99. The smallest absolute Gasteiger partial charge is 0.233 e. The first-order valence-corrected chi connectivity index (χ1v) is 6.92. The van der Waals surface area contributed by atoms with E-state index >= 15 is 0 Å². The van der Waals surface area contributed by atoms with Crippen molar-refractivity contribution >= 4 is 28.2 Å². The van der Waals surface area contributed by atoms with Crippen molar-refractivity contribution in [1.29, 1.82) is 0 Å². The molecule has 2 aromatic rings. The summed E-state index contributed by atoms with van der Waals surface area (Å²) in [7, 11) is 0. The third-order valence-electron chi connectivity index (χ3n) is 3.00. The largest absolute Gasteiger partial charge is 0.361 e. The second-order valence-corrected chi connectivity index (χ2v) is 5.57. The zero-order chi connectivity index (χ0) is 14.9. The van der Waals surface area contributed by atoms with Crippen LogP contribution in [0.3, 0.4) is 0 Å². The highest BCUT2D eigenvalue weighted by molar-refractivity contribution is 7.17. The topological polar surface area (TPSA) is 85.1 Å². The monoisotopic (exact) mass is 293 g/mol. The van der Waals surface area contributed by atoms with Gasteiger partial charge in [-0.1, -0.05) is 16.5 Å². The lowest BCUT2D eigenvalue weighted by Crippen LogP contribution is -2.19. The van der Waals surface area contributed by atoms with Gasteiger partial charge in [-0.05, 0) is 20.8 Å². The molecule has 0 aliphatic rings. The van der Waals surface area contributed by atoms with Gasteiger partial charge in [0.1, 0.15) is 5.76 Å². The molecule has 0 aliphatic heterocycles. The van der Waals surface area contributed by atoms with E-state index < -0.39 is 5.92 Å². The van der Waals surface area contributed by atoms with Gasteiger partial charge in [-0.25, -0.2) is 4.98 Å². The zero-order valence-electron chi connectivity index (χ0n) is 11.7. The summed E-state index contributed by atoms with van der Waals surface area (Å²) in [5.41, 5.74) is 1.49. The summed E-state index contributed by atoms with van der Waals surface area (Å²) in [5.74, 6) is -0.0368. The Bertz CT molecular complexity index is 640. The van der Waals surface area contributed by atoms with Crippen molar-refractivity contribution in [2.75, 3.05) is 5.32 Å². The highest BCUT2D eigenvalue weighted by Crippen LogP contribution is 2.25. The molecule has 0 radical (unpaired) electrons. The summed E-state index contributed by atoms with van der Waals surface area (Å²) in [5, 5.41) is 6.96. The molecular weight excluding hydrogens is 278 g/mol. The van der Waals surface area contributed by atoms with Crippen LogP contribution in [-0.2, 0) is 4.79 Å². The number of carbonyl (C=O) groups is 2. The summed E-state index contributed by atoms with van der Waals surface area (Å²) < 4.78 is 5.06. The lowest BCUT2D eigenvalue weighted by molar-refractivity contribution is -0.117. The summed E-state index contributed by atoms with van der Waals surface area (Å²) in [6, 6.07) is 0. The minimum Gasteiger partial charge on any atom is -0.361 e. The highest BCUT2D eigenvalue weighted by Gasteiger charge is 2.23. The second kappa shape index (κ2) is 5.54. The fraction of sp³-hybridized carbons (Fsp3) is 0.385. The number of nitrogens with one attached hydrogen (secondary N) is 1. The predicted molar refractivity (Wildman–Crippen MR) is 75.1 cm³/mol. The number of anilines is 1. The van der Waals surface area contributed by atoms with Crippen LogP contribution in [0, 0.1) is 13.8 Å². The molecule has 1 amide bonds. The van der Waals surface area contributed by atoms with E-state index in [2.05, 4.69) is 15.5 Å². The van der Waals surface area contributed by atoms with Crippen LogP contribution in [0.1, 0.15) is 46.5 Å². The normalized spacial score (nSPS) is 12.2. The quantitative estimate of drug-likeness (QED) is 0.876. The first-order chi connectivity index (χ1) is 9.40.